The first kappa shape index (κ1) is 18.7. The van der Waals surface area contributed by atoms with E-state index in [4.69, 9.17) is 0 Å². The van der Waals surface area contributed by atoms with Crippen LogP contribution in [0.25, 0.3) is 0 Å². The summed E-state index contributed by atoms with van der Waals surface area (Å²) in [6.07, 6.45) is -1.42. The van der Waals surface area contributed by atoms with E-state index in [-0.39, 0.29) is 17.5 Å². The second-order valence-electron chi connectivity index (χ2n) is 6.04. The van der Waals surface area contributed by atoms with Gasteiger partial charge in [-0.05, 0) is 43.2 Å². The molecule has 1 aromatic heterocycles. The van der Waals surface area contributed by atoms with Crippen LogP contribution in [-0.2, 0) is 0 Å². The van der Waals surface area contributed by atoms with Crippen LogP contribution in [0.5, 0.6) is 5.88 Å². The highest BCUT2D eigenvalue weighted by atomic mass is 19.4. The molecule has 1 aromatic carbocycles. The summed E-state index contributed by atoms with van der Waals surface area (Å²) < 4.78 is 41.6. The lowest BCUT2D eigenvalue weighted by molar-refractivity contribution is -0.154. The second kappa shape index (κ2) is 7.65. The summed E-state index contributed by atoms with van der Waals surface area (Å²) in [4.78, 5) is 28.2. The number of carbonyl (C=O) groups excluding carboxylic acids is 2. The highest BCUT2D eigenvalue weighted by Crippen LogP contribution is 2.22. The third-order valence-corrected chi connectivity index (χ3v) is 3.68. The molecule has 0 unspecified atom stereocenters. The number of rotatable bonds is 6. The molecule has 0 bridgehead atoms. The van der Waals surface area contributed by atoms with Gasteiger partial charge in [0, 0.05) is 23.5 Å². The van der Waals surface area contributed by atoms with Crippen LogP contribution in [0.3, 0.4) is 0 Å². The van der Waals surface area contributed by atoms with E-state index < -0.39 is 24.6 Å². The number of halogens is 3. The van der Waals surface area contributed by atoms with Crippen LogP contribution in [-0.4, -0.2) is 35.6 Å². The summed E-state index contributed by atoms with van der Waals surface area (Å²) >= 11 is 0. The van der Waals surface area contributed by atoms with Gasteiger partial charge in [-0.15, -0.1) is 0 Å². The molecule has 1 heterocycles. The van der Waals surface area contributed by atoms with Crippen molar-refractivity contribution in [3.05, 3.63) is 53.7 Å². The van der Waals surface area contributed by atoms with Gasteiger partial charge in [0.25, 0.3) is 11.8 Å². The van der Waals surface area contributed by atoms with Gasteiger partial charge in [-0.2, -0.15) is 13.2 Å². The molecule has 0 spiro atoms. The highest BCUT2D eigenvalue weighted by Gasteiger charge is 2.29. The number of hydrogen-bond donors (Lipinski definition) is 2. The van der Waals surface area contributed by atoms with Gasteiger partial charge in [0.2, 0.25) is 5.88 Å². The number of nitrogens with zero attached hydrogens (tertiary/aromatic N) is 1. The van der Waals surface area contributed by atoms with Crippen molar-refractivity contribution in [2.45, 2.75) is 25.1 Å². The van der Waals surface area contributed by atoms with Crippen molar-refractivity contribution in [1.82, 2.24) is 10.3 Å². The van der Waals surface area contributed by atoms with Gasteiger partial charge < -0.3 is 15.4 Å². The van der Waals surface area contributed by atoms with Gasteiger partial charge in [0.15, 0.2) is 6.61 Å². The number of aromatic nitrogens is 1. The fourth-order valence-electron chi connectivity index (χ4n) is 2.26. The van der Waals surface area contributed by atoms with E-state index in [0.29, 0.717) is 11.3 Å². The van der Waals surface area contributed by atoms with Gasteiger partial charge in [-0.25, -0.2) is 4.98 Å². The highest BCUT2D eigenvalue weighted by molar-refractivity contribution is 6.06. The Kier molecular flexibility index (Phi) is 5.29. The molecular formula is C18H16F3N3O3. The molecule has 0 aliphatic heterocycles. The minimum absolute atomic E-state index is 0.144. The molecule has 0 radical (unpaired) electrons. The predicted molar refractivity (Wildman–Crippen MR) is 90.7 cm³/mol. The first-order valence-electron chi connectivity index (χ1n) is 8.19. The Labute approximate surface area is 152 Å². The average Bonchev–Trinajstić information content (AvgIpc) is 3.44. The zero-order valence-corrected chi connectivity index (χ0v) is 14.0. The smallest absolute Gasteiger partial charge is 0.422 e. The first-order chi connectivity index (χ1) is 12.8. The van der Waals surface area contributed by atoms with Crippen molar-refractivity contribution in [1.29, 1.82) is 0 Å². The lowest BCUT2D eigenvalue weighted by Crippen LogP contribution is -2.25. The quantitative estimate of drug-likeness (QED) is 0.808. The van der Waals surface area contributed by atoms with E-state index >= 15 is 0 Å². The lowest BCUT2D eigenvalue weighted by Gasteiger charge is -2.12. The third-order valence-electron chi connectivity index (χ3n) is 3.68. The summed E-state index contributed by atoms with van der Waals surface area (Å²) in [5, 5.41) is 5.37. The Balaban J connectivity index is 1.71. The molecule has 2 aromatic rings. The fraction of sp³-hybridized carbons (Fsp3) is 0.278. The molecule has 3 rings (SSSR count). The maximum atomic E-state index is 12.4. The topological polar surface area (TPSA) is 80.3 Å². The van der Waals surface area contributed by atoms with Crippen molar-refractivity contribution in [2.24, 2.45) is 0 Å². The molecule has 9 heteroatoms. The Morgan fingerprint density at radius 1 is 1.15 bits per heavy atom. The van der Waals surface area contributed by atoms with E-state index in [9.17, 15) is 22.8 Å². The van der Waals surface area contributed by atoms with Crippen LogP contribution < -0.4 is 15.4 Å². The lowest BCUT2D eigenvalue weighted by atomic mass is 10.1. The molecule has 6 nitrogen and oxygen atoms in total. The summed E-state index contributed by atoms with van der Waals surface area (Å²) in [6.45, 7) is -1.55. The monoisotopic (exact) mass is 379 g/mol. The molecule has 142 valence electrons. The van der Waals surface area contributed by atoms with E-state index in [1.165, 1.54) is 24.4 Å². The molecule has 2 N–H and O–H groups in total. The molecule has 1 aliphatic carbocycles. The number of benzene rings is 1. The van der Waals surface area contributed by atoms with Gasteiger partial charge in [-0.1, -0.05) is 6.07 Å². The Bertz CT molecular complexity index is 851. The number of hydrogen-bond acceptors (Lipinski definition) is 4. The van der Waals surface area contributed by atoms with E-state index in [2.05, 4.69) is 20.4 Å². The first-order valence-corrected chi connectivity index (χ1v) is 8.19. The molecule has 0 saturated heterocycles. The zero-order valence-electron chi connectivity index (χ0n) is 14.0. The molecule has 2 amide bonds. The average molecular weight is 379 g/mol. The van der Waals surface area contributed by atoms with Gasteiger partial charge in [-0.3, -0.25) is 9.59 Å². The summed E-state index contributed by atoms with van der Waals surface area (Å²) in [7, 11) is 0. The van der Waals surface area contributed by atoms with E-state index in [0.717, 1.165) is 12.8 Å². The van der Waals surface area contributed by atoms with Gasteiger partial charge in [0.05, 0.1) is 0 Å². The van der Waals surface area contributed by atoms with Crippen LogP contribution in [0.1, 0.15) is 33.6 Å². The van der Waals surface area contributed by atoms with Crippen molar-refractivity contribution in [2.75, 3.05) is 11.9 Å². The van der Waals surface area contributed by atoms with E-state index in [1.807, 2.05) is 0 Å². The number of anilines is 1. The maximum Gasteiger partial charge on any atom is 0.422 e. The molecule has 1 fully saturated rings. The molecule has 1 saturated carbocycles. The standard InChI is InChI=1S/C18H16F3N3O3/c19-18(20,21)10-27-17-14(5-2-8-22-17)16(26)24-13-4-1-3-11(9-13)15(25)23-12-6-7-12/h1-5,8-9,12H,6-7,10H2,(H,23,25)(H,24,26). The van der Waals surface area contributed by atoms with Crippen molar-refractivity contribution in [3.8, 4) is 5.88 Å². The van der Waals surface area contributed by atoms with Crippen LogP contribution in [0.15, 0.2) is 42.6 Å². The summed E-state index contributed by atoms with van der Waals surface area (Å²) in [5.41, 5.74) is 0.558. The van der Waals surface area contributed by atoms with Crippen LogP contribution in [0.2, 0.25) is 0 Å². The summed E-state index contributed by atoms with van der Waals surface area (Å²) in [6, 6.07) is 9.17. The van der Waals surface area contributed by atoms with Crippen LogP contribution in [0.4, 0.5) is 18.9 Å². The largest absolute Gasteiger partial charge is 0.467 e. The minimum Gasteiger partial charge on any atom is -0.467 e. The van der Waals surface area contributed by atoms with Gasteiger partial charge >= 0.3 is 6.18 Å². The number of alkyl halides is 3. The Hall–Kier alpha value is -3.10. The Morgan fingerprint density at radius 2 is 1.93 bits per heavy atom. The maximum absolute atomic E-state index is 12.4. The number of pyridine rings is 1. The Morgan fingerprint density at radius 3 is 2.63 bits per heavy atom. The third kappa shape index (κ3) is 5.44. The SMILES string of the molecule is O=C(NC1CC1)c1cccc(NC(=O)c2cccnc2OCC(F)(F)F)c1. The molecule has 0 atom stereocenters. The summed E-state index contributed by atoms with van der Waals surface area (Å²) in [5.74, 6) is -1.36. The predicted octanol–water partition coefficient (Wildman–Crippen LogP) is 3.17. The van der Waals surface area contributed by atoms with Crippen molar-refractivity contribution >= 4 is 17.5 Å². The van der Waals surface area contributed by atoms with Crippen molar-refractivity contribution < 1.29 is 27.5 Å². The molecular weight excluding hydrogens is 363 g/mol. The van der Waals surface area contributed by atoms with Gasteiger partial charge in [0.1, 0.15) is 5.56 Å². The van der Waals surface area contributed by atoms with Crippen molar-refractivity contribution in [3.63, 3.8) is 0 Å². The van der Waals surface area contributed by atoms with Crippen LogP contribution in [0, 0.1) is 0 Å². The number of amides is 2. The molecule has 27 heavy (non-hydrogen) atoms. The normalized spacial score (nSPS) is 13.7. The zero-order chi connectivity index (χ0) is 19.4. The number of nitrogens with one attached hydrogen (secondary N) is 2. The fourth-order valence-corrected chi connectivity index (χ4v) is 2.26. The molecule has 1 aliphatic rings. The number of carbonyl (C=O) groups is 2. The second-order valence-corrected chi connectivity index (χ2v) is 6.04. The van der Waals surface area contributed by atoms with E-state index in [1.54, 1.807) is 18.2 Å². The minimum atomic E-state index is -4.55. The van der Waals surface area contributed by atoms with Crippen LogP contribution >= 0.6 is 0 Å². The number of ether oxygens (including phenoxy) is 1.